The van der Waals surface area contributed by atoms with Crippen molar-refractivity contribution in [3.8, 4) is 6.07 Å². The Balaban J connectivity index is 1.39. The highest BCUT2D eigenvalue weighted by atomic mass is 16.5. The van der Waals surface area contributed by atoms with E-state index in [1.165, 1.54) is 5.56 Å². The van der Waals surface area contributed by atoms with E-state index in [-0.39, 0.29) is 30.5 Å². The first-order valence-electron chi connectivity index (χ1n) is 11.7. The van der Waals surface area contributed by atoms with Crippen molar-refractivity contribution in [2.24, 2.45) is 0 Å². The van der Waals surface area contributed by atoms with Gasteiger partial charge in [0.1, 0.15) is 0 Å². The lowest BCUT2D eigenvalue weighted by molar-refractivity contribution is -0.146. The first kappa shape index (κ1) is 22.3. The topological polar surface area (TPSA) is 73.6 Å². The lowest BCUT2D eigenvalue weighted by atomic mass is 9.99. The minimum atomic E-state index is -0.249. The Morgan fingerprint density at radius 1 is 1.09 bits per heavy atom. The standard InChI is InChI=1S/C26H31N3O3/c1-2-32-25(30)18-28-13-4-6-24(28)26(31)29-14-3-5-23(29)12-9-19-7-10-21-11-8-20(17-27)16-22(21)15-19/h7-8,10-11,15-16,23-24H,2-6,9,12-14,18H2,1H3. The highest BCUT2D eigenvalue weighted by molar-refractivity contribution is 5.85. The maximum Gasteiger partial charge on any atom is 0.320 e. The maximum absolute atomic E-state index is 13.4. The zero-order valence-corrected chi connectivity index (χ0v) is 18.8. The third-order valence-electron chi connectivity index (χ3n) is 6.75. The molecule has 4 rings (SSSR count). The van der Waals surface area contributed by atoms with Crippen molar-refractivity contribution >= 4 is 22.6 Å². The lowest BCUT2D eigenvalue weighted by Crippen LogP contribution is -2.48. The number of nitriles is 1. The summed E-state index contributed by atoms with van der Waals surface area (Å²) in [5.74, 6) is -0.0764. The molecule has 0 N–H and O–H groups in total. The number of carbonyl (C=O) groups is 2. The van der Waals surface area contributed by atoms with Gasteiger partial charge in [-0.3, -0.25) is 14.5 Å². The summed E-state index contributed by atoms with van der Waals surface area (Å²) >= 11 is 0. The summed E-state index contributed by atoms with van der Waals surface area (Å²) in [5, 5.41) is 11.4. The van der Waals surface area contributed by atoms with Gasteiger partial charge in [-0.1, -0.05) is 24.3 Å². The summed E-state index contributed by atoms with van der Waals surface area (Å²) in [7, 11) is 0. The normalized spacial score (nSPS) is 21.1. The van der Waals surface area contributed by atoms with Gasteiger partial charge in [-0.25, -0.2) is 0 Å². The molecule has 2 heterocycles. The van der Waals surface area contributed by atoms with Gasteiger partial charge < -0.3 is 9.64 Å². The molecule has 0 bridgehead atoms. The van der Waals surface area contributed by atoms with Crippen molar-refractivity contribution in [2.45, 2.75) is 57.5 Å². The van der Waals surface area contributed by atoms with E-state index in [4.69, 9.17) is 10.00 Å². The third kappa shape index (κ3) is 4.94. The van der Waals surface area contributed by atoms with Gasteiger partial charge in [-0.15, -0.1) is 0 Å². The van der Waals surface area contributed by atoms with Gasteiger partial charge in [-0.05, 0) is 80.5 Å². The van der Waals surface area contributed by atoms with Gasteiger partial charge in [0.25, 0.3) is 0 Å². The number of esters is 1. The summed E-state index contributed by atoms with van der Waals surface area (Å²) < 4.78 is 5.09. The van der Waals surface area contributed by atoms with Crippen molar-refractivity contribution in [1.82, 2.24) is 9.80 Å². The Bertz CT molecular complexity index is 1030. The van der Waals surface area contributed by atoms with Crippen LogP contribution in [-0.2, 0) is 20.7 Å². The summed E-state index contributed by atoms with van der Waals surface area (Å²) in [4.78, 5) is 29.4. The Kier molecular flexibility index (Phi) is 7.06. The minimum Gasteiger partial charge on any atom is -0.465 e. The number of fused-ring (bicyclic) bond motifs is 1. The summed E-state index contributed by atoms with van der Waals surface area (Å²) in [6.45, 7) is 3.94. The number of hydrogen-bond donors (Lipinski definition) is 0. The molecule has 2 saturated heterocycles. The largest absolute Gasteiger partial charge is 0.465 e. The van der Waals surface area contributed by atoms with E-state index in [2.05, 4.69) is 29.2 Å². The molecule has 2 aliphatic heterocycles. The van der Waals surface area contributed by atoms with E-state index in [1.54, 1.807) is 6.92 Å². The maximum atomic E-state index is 13.4. The molecule has 2 aromatic carbocycles. The number of aryl methyl sites for hydroxylation is 1. The number of hydrogen-bond acceptors (Lipinski definition) is 5. The van der Waals surface area contributed by atoms with E-state index in [0.717, 1.165) is 62.4 Å². The van der Waals surface area contributed by atoms with Crippen molar-refractivity contribution in [3.05, 3.63) is 47.5 Å². The van der Waals surface area contributed by atoms with Gasteiger partial charge in [0.05, 0.1) is 30.8 Å². The van der Waals surface area contributed by atoms with Gasteiger partial charge in [0, 0.05) is 12.6 Å². The number of likely N-dealkylation sites (tertiary alicyclic amines) is 2. The summed E-state index contributed by atoms with van der Waals surface area (Å²) in [6.07, 6.45) is 5.65. The first-order valence-corrected chi connectivity index (χ1v) is 11.7. The van der Waals surface area contributed by atoms with Crippen LogP contribution in [0.5, 0.6) is 0 Å². The van der Waals surface area contributed by atoms with Gasteiger partial charge in [0.15, 0.2) is 0 Å². The van der Waals surface area contributed by atoms with E-state index < -0.39 is 0 Å². The second-order valence-electron chi connectivity index (χ2n) is 8.81. The molecule has 0 saturated carbocycles. The third-order valence-corrected chi connectivity index (χ3v) is 6.75. The number of ether oxygens (including phenoxy) is 1. The van der Waals surface area contributed by atoms with E-state index in [9.17, 15) is 9.59 Å². The predicted molar refractivity (Wildman–Crippen MR) is 123 cm³/mol. The van der Waals surface area contributed by atoms with Crippen LogP contribution in [0.4, 0.5) is 0 Å². The quantitative estimate of drug-likeness (QED) is 0.623. The zero-order chi connectivity index (χ0) is 22.5. The fourth-order valence-electron chi connectivity index (χ4n) is 5.14. The van der Waals surface area contributed by atoms with Crippen LogP contribution in [0.15, 0.2) is 36.4 Å². The molecule has 2 aliphatic rings. The highest BCUT2D eigenvalue weighted by Crippen LogP contribution is 2.27. The van der Waals surface area contributed by atoms with Crippen LogP contribution >= 0.6 is 0 Å². The van der Waals surface area contributed by atoms with Crippen LogP contribution < -0.4 is 0 Å². The summed E-state index contributed by atoms with van der Waals surface area (Å²) in [5.41, 5.74) is 1.91. The molecule has 0 spiro atoms. The molecule has 32 heavy (non-hydrogen) atoms. The van der Waals surface area contributed by atoms with Crippen LogP contribution in [0.2, 0.25) is 0 Å². The second kappa shape index (κ2) is 10.1. The van der Waals surface area contributed by atoms with Crippen LogP contribution in [0.25, 0.3) is 10.8 Å². The number of benzene rings is 2. The van der Waals surface area contributed by atoms with Crippen LogP contribution in [0.3, 0.4) is 0 Å². The molecular weight excluding hydrogens is 402 g/mol. The molecule has 0 radical (unpaired) electrons. The van der Waals surface area contributed by atoms with Gasteiger partial charge >= 0.3 is 5.97 Å². The van der Waals surface area contributed by atoms with Crippen LogP contribution in [0.1, 0.15) is 50.2 Å². The monoisotopic (exact) mass is 433 g/mol. The fraction of sp³-hybridized carbons (Fsp3) is 0.500. The Hall–Kier alpha value is -2.91. The zero-order valence-electron chi connectivity index (χ0n) is 18.8. The molecule has 6 heteroatoms. The van der Waals surface area contributed by atoms with E-state index in [0.29, 0.717) is 12.2 Å². The number of nitrogens with zero attached hydrogens (tertiary/aromatic N) is 3. The Labute approximate surface area is 189 Å². The second-order valence-corrected chi connectivity index (χ2v) is 8.81. The average Bonchev–Trinajstić information content (AvgIpc) is 3.46. The number of carbonyl (C=O) groups excluding carboxylic acids is 2. The molecule has 2 aromatic rings. The van der Waals surface area contributed by atoms with Crippen LogP contribution in [0, 0.1) is 11.3 Å². The minimum absolute atomic E-state index is 0.173. The van der Waals surface area contributed by atoms with Crippen molar-refractivity contribution in [3.63, 3.8) is 0 Å². The fourth-order valence-corrected chi connectivity index (χ4v) is 5.14. The van der Waals surface area contributed by atoms with E-state index in [1.807, 2.05) is 23.1 Å². The average molecular weight is 434 g/mol. The van der Waals surface area contributed by atoms with Gasteiger partial charge in [-0.2, -0.15) is 5.26 Å². The highest BCUT2D eigenvalue weighted by Gasteiger charge is 2.38. The molecule has 2 unspecified atom stereocenters. The molecule has 2 atom stereocenters. The van der Waals surface area contributed by atoms with Crippen molar-refractivity contribution in [2.75, 3.05) is 26.2 Å². The first-order chi connectivity index (χ1) is 15.6. The van der Waals surface area contributed by atoms with Gasteiger partial charge in [0.2, 0.25) is 5.91 Å². The molecule has 0 aromatic heterocycles. The number of rotatable bonds is 7. The SMILES string of the molecule is CCOC(=O)CN1CCCC1C(=O)N1CCCC1CCc1ccc2ccc(C#N)cc2c1. The van der Waals surface area contributed by atoms with Crippen LogP contribution in [-0.4, -0.2) is 60.0 Å². The predicted octanol–water partition coefficient (Wildman–Crippen LogP) is 3.66. The molecule has 0 aliphatic carbocycles. The van der Waals surface area contributed by atoms with E-state index >= 15 is 0 Å². The Morgan fingerprint density at radius 2 is 1.91 bits per heavy atom. The van der Waals surface area contributed by atoms with Crippen molar-refractivity contribution < 1.29 is 14.3 Å². The lowest BCUT2D eigenvalue weighted by Gasteiger charge is -2.31. The molecule has 2 fully saturated rings. The van der Waals surface area contributed by atoms with Crippen molar-refractivity contribution in [1.29, 1.82) is 5.26 Å². The molecule has 6 nitrogen and oxygen atoms in total. The molecular formula is C26H31N3O3. The smallest absolute Gasteiger partial charge is 0.320 e. The summed E-state index contributed by atoms with van der Waals surface area (Å²) in [6, 6.07) is 14.4. The number of amides is 1. The molecule has 168 valence electrons. The molecule has 1 amide bonds. The Morgan fingerprint density at radius 3 is 2.72 bits per heavy atom.